The molecule has 0 aliphatic carbocycles. The number of nitrogens with zero attached hydrogens (tertiary/aromatic N) is 1. The summed E-state index contributed by atoms with van der Waals surface area (Å²) in [5, 5.41) is 0. The van der Waals surface area contributed by atoms with E-state index in [0.717, 1.165) is 29.7 Å². The van der Waals surface area contributed by atoms with Crippen molar-refractivity contribution in [3.8, 4) is 0 Å². The Hall–Kier alpha value is -1.35. The number of aryl methyl sites for hydroxylation is 1. The summed E-state index contributed by atoms with van der Waals surface area (Å²) < 4.78 is 0. The number of aromatic amines is 1. The van der Waals surface area contributed by atoms with Gasteiger partial charge in [-0.2, -0.15) is 0 Å². The number of aromatic nitrogens is 2. The van der Waals surface area contributed by atoms with E-state index < -0.39 is 0 Å². The van der Waals surface area contributed by atoms with Crippen LogP contribution in [-0.4, -0.2) is 9.97 Å². The number of benzene rings is 1. The number of nitrogens with one attached hydrogen (secondary N) is 1. The number of hydrogen-bond donors (Lipinski definition) is 2. The lowest BCUT2D eigenvalue weighted by Gasteiger charge is -2.02. The summed E-state index contributed by atoms with van der Waals surface area (Å²) in [4.78, 5) is 7.76. The van der Waals surface area contributed by atoms with Crippen LogP contribution in [0.2, 0.25) is 0 Å². The van der Waals surface area contributed by atoms with Gasteiger partial charge in [0.2, 0.25) is 0 Å². The predicted octanol–water partition coefficient (Wildman–Crippen LogP) is 2.54. The van der Waals surface area contributed by atoms with Crippen molar-refractivity contribution < 1.29 is 0 Å². The van der Waals surface area contributed by atoms with Crippen molar-refractivity contribution in [2.45, 2.75) is 32.7 Å². The van der Waals surface area contributed by atoms with Crippen molar-refractivity contribution in [1.29, 1.82) is 0 Å². The number of rotatable bonds is 3. The molecule has 0 radical (unpaired) electrons. The third kappa shape index (κ3) is 1.88. The molecule has 0 saturated carbocycles. The van der Waals surface area contributed by atoms with Crippen molar-refractivity contribution in [2.24, 2.45) is 5.73 Å². The molecular formula is C12H17N3. The summed E-state index contributed by atoms with van der Waals surface area (Å²) in [5.74, 6) is 0.890. The van der Waals surface area contributed by atoms with Crippen LogP contribution in [0.25, 0.3) is 11.0 Å². The van der Waals surface area contributed by atoms with Crippen LogP contribution in [0.3, 0.4) is 0 Å². The molecule has 3 nitrogen and oxygen atoms in total. The molecule has 3 N–H and O–H groups in total. The molecular weight excluding hydrogens is 186 g/mol. The lowest BCUT2D eigenvalue weighted by Crippen LogP contribution is -2.10. The van der Waals surface area contributed by atoms with Gasteiger partial charge in [0.1, 0.15) is 5.82 Å². The van der Waals surface area contributed by atoms with Crippen LogP contribution >= 0.6 is 0 Å². The molecule has 80 valence electrons. The Bertz CT molecular complexity index is 459. The molecule has 1 heterocycles. The molecule has 1 aromatic heterocycles. The van der Waals surface area contributed by atoms with Gasteiger partial charge in [0.05, 0.1) is 17.1 Å². The average Bonchev–Trinajstić information content (AvgIpc) is 2.70. The van der Waals surface area contributed by atoms with Gasteiger partial charge in [-0.05, 0) is 30.5 Å². The van der Waals surface area contributed by atoms with Gasteiger partial charge >= 0.3 is 0 Å². The molecule has 2 aromatic rings. The number of hydrogen-bond acceptors (Lipinski definition) is 2. The lowest BCUT2D eigenvalue weighted by molar-refractivity contribution is 0.660. The maximum Gasteiger partial charge on any atom is 0.124 e. The highest BCUT2D eigenvalue weighted by molar-refractivity contribution is 5.75. The van der Waals surface area contributed by atoms with Crippen LogP contribution in [-0.2, 0) is 6.42 Å². The fourth-order valence-corrected chi connectivity index (χ4v) is 1.67. The van der Waals surface area contributed by atoms with Gasteiger partial charge in [0.25, 0.3) is 0 Å². The molecule has 0 amide bonds. The van der Waals surface area contributed by atoms with Gasteiger partial charge in [-0.25, -0.2) is 4.98 Å². The maximum absolute atomic E-state index is 5.93. The van der Waals surface area contributed by atoms with E-state index >= 15 is 0 Å². The van der Waals surface area contributed by atoms with E-state index in [1.165, 1.54) is 5.56 Å². The molecule has 0 aliphatic heterocycles. The fraction of sp³-hybridized carbons (Fsp3) is 0.417. The zero-order chi connectivity index (χ0) is 10.8. The number of fused-ring (bicyclic) bond motifs is 1. The van der Waals surface area contributed by atoms with Gasteiger partial charge in [-0.3, -0.25) is 0 Å². The minimum atomic E-state index is 0.0162. The highest BCUT2D eigenvalue weighted by Crippen LogP contribution is 2.18. The Balaban J connectivity index is 2.46. The smallest absolute Gasteiger partial charge is 0.124 e. The van der Waals surface area contributed by atoms with Crippen LogP contribution in [0.4, 0.5) is 0 Å². The number of nitrogens with two attached hydrogens (primary N) is 1. The van der Waals surface area contributed by atoms with Gasteiger partial charge in [0.15, 0.2) is 0 Å². The standard InChI is InChI=1S/C12H17N3/c1-3-8-5-6-10-11(7-8)15-12(14-10)9(13)4-2/h5-7,9H,3-4,13H2,1-2H3,(H,14,15). The lowest BCUT2D eigenvalue weighted by atomic mass is 10.1. The molecule has 3 heteroatoms. The van der Waals surface area contributed by atoms with E-state index in [9.17, 15) is 0 Å². The van der Waals surface area contributed by atoms with Gasteiger partial charge in [-0.1, -0.05) is 19.9 Å². The summed E-state index contributed by atoms with van der Waals surface area (Å²) in [7, 11) is 0. The quantitative estimate of drug-likeness (QED) is 0.805. The highest BCUT2D eigenvalue weighted by Gasteiger charge is 2.08. The first-order valence-electron chi connectivity index (χ1n) is 5.48. The topological polar surface area (TPSA) is 54.7 Å². The maximum atomic E-state index is 5.93. The fourth-order valence-electron chi connectivity index (χ4n) is 1.67. The van der Waals surface area contributed by atoms with Crippen molar-refractivity contribution >= 4 is 11.0 Å². The van der Waals surface area contributed by atoms with Crippen LogP contribution < -0.4 is 5.73 Å². The van der Waals surface area contributed by atoms with E-state index in [1.54, 1.807) is 0 Å². The normalized spacial score (nSPS) is 13.3. The van der Waals surface area contributed by atoms with Crippen LogP contribution in [0.15, 0.2) is 18.2 Å². The highest BCUT2D eigenvalue weighted by atomic mass is 15.0. The Morgan fingerprint density at radius 2 is 2.20 bits per heavy atom. The second-order valence-corrected chi connectivity index (χ2v) is 3.84. The van der Waals surface area contributed by atoms with E-state index in [-0.39, 0.29) is 6.04 Å². The monoisotopic (exact) mass is 203 g/mol. The average molecular weight is 203 g/mol. The minimum Gasteiger partial charge on any atom is -0.341 e. The summed E-state index contributed by atoms with van der Waals surface area (Å²) in [6.07, 6.45) is 1.95. The molecule has 15 heavy (non-hydrogen) atoms. The second kappa shape index (κ2) is 4.03. The van der Waals surface area contributed by atoms with Crippen LogP contribution in [0, 0.1) is 0 Å². The second-order valence-electron chi connectivity index (χ2n) is 3.84. The van der Waals surface area contributed by atoms with E-state index in [0.29, 0.717) is 0 Å². The van der Waals surface area contributed by atoms with Crippen molar-refractivity contribution in [1.82, 2.24) is 9.97 Å². The van der Waals surface area contributed by atoms with E-state index in [2.05, 4.69) is 42.0 Å². The zero-order valence-corrected chi connectivity index (χ0v) is 9.25. The molecule has 2 rings (SSSR count). The molecule has 0 spiro atoms. The first-order valence-corrected chi connectivity index (χ1v) is 5.48. The number of H-pyrrole nitrogens is 1. The van der Waals surface area contributed by atoms with Crippen molar-refractivity contribution in [3.05, 3.63) is 29.6 Å². The SMILES string of the molecule is CCc1ccc2nc(C(N)CC)[nH]c2c1. The molecule has 0 aliphatic rings. The largest absolute Gasteiger partial charge is 0.341 e. The summed E-state index contributed by atoms with van der Waals surface area (Å²) >= 11 is 0. The third-order valence-electron chi connectivity index (χ3n) is 2.76. The summed E-state index contributed by atoms with van der Waals surface area (Å²) in [6, 6.07) is 6.33. The molecule has 1 unspecified atom stereocenters. The third-order valence-corrected chi connectivity index (χ3v) is 2.76. The van der Waals surface area contributed by atoms with Crippen molar-refractivity contribution in [3.63, 3.8) is 0 Å². The van der Waals surface area contributed by atoms with Gasteiger partial charge in [-0.15, -0.1) is 0 Å². The summed E-state index contributed by atoms with van der Waals surface area (Å²) in [5.41, 5.74) is 9.35. The first kappa shape index (κ1) is 10.2. The zero-order valence-electron chi connectivity index (χ0n) is 9.25. The molecule has 0 saturated heterocycles. The molecule has 1 atom stereocenters. The Labute approximate surface area is 89.7 Å². The number of imidazole rings is 1. The van der Waals surface area contributed by atoms with Crippen molar-refractivity contribution in [2.75, 3.05) is 0 Å². The minimum absolute atomic E-state index is 0.0162. The summed E-state index contributed by atoms with van der Waals surface area (Å²) in [6.45, 7) is 4.21. The molecule has 1 aromatic carbocycles. The Morgan fingerprint density at radius 1 is 1.40 bits per heavy atom. The Morgan fingerprint density at radius 3 is 2.87 bits per heavy atom. The predicted molar refractivity (Wildman–Crippen MR) is 62.7 cm³/mol. The van der Waals surface area contributed by atoms with E-state index in [1.807, 2.05) is 0 Å². The van der Waals surface area contributed by atoms with E-state index in [4.69, 9.17) is 5.73 Å². The van der Waals surface area contributed by atoms with Crippen LogP contribution in [0.1, 0.15) is 37.7 Å². The van der Waals surface area contributed by atoms with Gasteiger partial charge < -0.3 is 10.7 Å². The van der Waals surface area contributed by atoms with Crippen LogP contribution in [0.5, 0.6) is 0 Å². The van der Waals surface area contributed by atoms with Gasteiger partial charge in [0, 0.05) is 0 Å². The first-order chi connectivity index (χ1) is 7.24. The Kier molecular flexibility index (Phi) is 2.73. The molecule has 0 bridgehead atoms. The molecule has 0 fully saturated rings.